The Kier molecular flexibility index (Phi) is 24.7. The molecule has 0 saturated heterocycles. The van der Waals surface area contributed by atoms with Gasteiger partial charge in [0, 0.05) is 13.1 Å². The van der Waals surface area contributed by atoms with Crippen LogP contribution in [-0.2, 0) is 0 Å². The predicted octanol–water partition coefficient (Wildman–Crippen LogP) is 6.14. The highest BCUT2D eigenvalue weighted by Gasteiger charge is 2.00. The van der Waals surface area contributed by atoms with Crippen molar-refractivity contribution in [2.75, 3.05) is 45.2 Å². The molecule has 5 nitrogen and oxygen atoms in total. The maximum Gasteiger partial charge on any atom is 0.194 e. The molecule has 0 atom stereocenters. The number of unbranched alkanes of at least 4 members (excludes halogenated alkanes) is 12. The van der Waals surface area contributed by atoms with E-state index in [2.05, 4.69) is 53.6 Å². The van der Waals surface area contributed by atoms with Gasteiger partial charge in [0.25, 0.3) is 0 Å². The highest BCUT2D eigenvalue weighted by molar-refractivity contribution is 7.99. The summed E-state index contributed by atoms with van der Waals surface area (Å²) in [5.41, 5.74) is 0. The van der Waals surface area contributed by atoms with Gasteiger partial charge in [-0.05, 0) is 70.0 Å². The Morgan fingerprint density at radius 2 is 1.25 bits per heavy atom. The molecule has 0 unspecified atom stereocenters. The lowest BCUT2D eigenvalue weighted by atomic mass is 10.1. The van der Waals surface area contributed by atoms with Crippen molar-refractivity contribution in [3.63, 3.8) is 0 Å². The van der Waals surface area contributed by atoms with Gasteiger partial charge in [-0.2, -0.15) is 11.8 Å². The Balaban J connectivity index is 3.31. The molecule has 32 heavy (non-hydrogen) atoms. The van der Waals surface area contributed by atoms with E-state index in [9.17, 15) is 0 Å². The first-order valence-electron chi connectivity index (χ1n) is 13.2. The van der Waals surface area contributed by atoms with Crippen LogP contribution in [0.2, 0.25) is 0 Å². The van der Waals surface area contributed by atoms with E-state index < -0.39 is 0 Å². The van der Waals surface area contributed by atoms with Gasteiger partial charge in [-0.15, -0.1) is 0 Å². The van der Waals surface area contributed by atoms with Crippen LogP contribution in [0.3, 0.4) is 0 Å². The molecule has 0 radical (unpaired) electrons. The van der Waals surface area contributed by atoms with Gasteiger partial charge < -0.3 is 20.9 Å². The molecule has 0 spiro atoms. The summed E-state index contributed by atoms with van der Waals surface area (Å²) in [6.07, 6.45) is 19.8. The molecule has 0 rings (SSSR count). The summed E-state index contributed by atoms with van der Waals surface area (Å²) in [7, 11) is 4.27. The average molecular weight is 488 g/mol. The van der Waals surface area contributed by atoms with Gasteiger partial charge in [-0.3, -0.25) is 5.41 Å². The molecule has 0 saturated carbocycles. The van der Waals surface area contributed by atoms with Crippen molar-refractivity contribution >= 4 is 35.1 Å². The van der Waals surface area contributed by atoms with Crippen LogP contribution in [-0.4, -0.2) is 61.2 Å². The number of guanidine groups is 1. The minimum atomic E-state index is 0.303. The first kappa shape index (κ1) is 31.5. The normalized spacial score (nSPS) is 11.0. The summed E-state index contributed by atoms with van der Waals surface area (Å²) in [6, 6.07) is 0. The van der Waals surface area contributed by atoms with E-state index in [1.165, 1.54) is 102 Å². The smallest absolute Gasteiger partial charge is 0.194 e. The molecule has 0 aromatic rings. The summed E-state index contributed by atoms with van der Waals surface area (Å²) in [6.45, 7) is 5.17. The third kappa shape index (κ3) is 25.7. The maximum atomic E-state index is 7.95. The van der Waals surface area contributed by atoms with Crippen molar-refractivity contribution in [3.05, 3.63) is 0 Å². The zero-order valence-corrected chi connectivity index (χ0v) is 23.0. The van der Waals surface area contributed by atoms with Crippen LogP contribution >= 0.6 is 24.0 Å². The van der Waals surface area contributed by atoms with Crippen molar-refractivity contribution in [1.29, 1.82) is 5.41 Å². The topological polar surface area (TPSA) is 63.2 Å². The monoisotopic (exact) mass is 487 g/mol. The quantitative estimate of drug-likeness (QED) is 0.0636. The minimum Gasteiger partial charge on any atom is -0.362 e. The molecule has 0 aromatic carbocycles. The van der Waals surface area contributed by atoms with Gasteiger partial charge in [0.1, 0.15) is 0 Å². The van der Waals surface area contributed by atoms with Gasteiger partial charge in [-0.25, -0.2) is 0 Å². The van der Waals surface area contributed by atoms with Crippen LogP contribution in [0.25, 0.3) is 0 Å². The van der Waals surface area contributed by atoms with E-state index in [1.54, 1.807) is 0 Å². The molecule has 0 aliphatic carbocycles. The SMILES string of the molecule is CCCCCCCCCCSCCCNC(=S)NC(=N)NCCCCCCCCN(C)C. The molecule has 0 aliphatic heterocycles. The van der Waals surface area contributed by atoms with Crippen molar-refractivity contribution in [2.24, 2.45) is 0 Å². The lowest BCUT2D eigenvalue weighted by molar-refractivity contribution is 0.389. The lowest BCUT2D eigenvalue weighted by Crippen LogP contribution is -2.45. The fraction of sp³-hybridized carbons (Fsp3) is 0.920. The van der Waals surface area contributed by atoms with E-state index in [-0.39, 0.29) is 0 Å². The fourth-order valence-electron chi connectivity index (χ4n) is 3.49. The Bertz CT molecular complexity index is 433. The Morgan fingerprint density at radius 3 is 1.91 bits per heavy atom. The van der Waals surface area contributed by atoms with Crippen molar-refractivity contribution < 1.29 is 0 Å². The van der Waals surface area contributed by atoms with Crippen LogP contribution < -0.4 is 16.0 Å². The maximum absolute atomic E-state index is 7.95. The third-order valence-electron chi connectivity index (χ3n) is 5.47. The van der Waals surface area contributed by atoms with Crippen molar-refractivity contribution in [1.82, 2.24) is 20.9 Å². The molecule has 0 bridgehead atoms. The van der Waals surface area contributed by atoms with Crippen molar-refractivity contribution in [3.8, 4) is 0 Å². The predicted molar refractivity (Wildman–Crippen MR) is 150 cm³/mol. The number of hydrogen-bond acceptors (Lipinski definition) is 4. The fourth-order valence-corrected chi connectivity index (χ4v) is 4.66. The average Bonchev–Trinajstić information content (AvgIpc) is 2.75. The third-order valence-corrected chi connectivity index (χ3v) is 6.87. The molecule has 0 aliphatic rings. The van der Waals surface area contributed by atoms with Crippen LogP contribution in [0.1, 0.15) is 103 Å². The van der Waals surface area contributed by atoms with Gasteiger partial charge in [-0.1, -0.05) is 77.6 Å². The second kappa shape index (κ2) is 25.1. The molecule has 0 amide bonds. The number of nitrogens with zero attached hydrogens (tertiary/aromatic N) is 1. The number of nitrogens with one attached hydrogen (secondary N) is 4. The van der Waals surface area contributed by atoms with E-state index in [1.807, 2.05) is 0 Å². The number of rotatable bonds is 22. The van der Waals surface area contributed by atoms with E-state index in [0.29, 0.717) is 11.1 Å². The largest absolute Gasteiger partial charge is 0.362 e. The molecular weight excluding hydrogens is 434 g/mol. The Labute approximate surface area is 209 Å². The zero-order valence-electron chi connectivity index (χ0n) is 21.4. The number of thiocarbonyl (C=S) groups is 1. The Morgan fingerprint density at radius 1 is 0.719 bits per heavy atom. The molecule has 0 heterocycles. The highest BCUT2D eigenvalue weighted by Crippen LogP contribution is 2.11. The van der Waals surface area contributed by atoms with Crippen LogP contribution in [0.5, 0.6) is 0 Å². The lowest BCUT2D eigenvalue weighted by Gasteiger charge is -2.12. The standard InChI is InChI=1S/C25H53N5S2/c1-4-5-6-7-8-11-14-17-22-32-23-18-20-28-25(31)29-24(26)27-19-15-12-9-10-13-16-21-30(2)3/h4-23H2,1-3H3,(H4,26,27,28,29,31). The second-order valence-corrected chi connectivity index (χ2v) is 10.7. The summed E-state index contributed by atoms with van der Waals surface area (Å²) in [5, 5.41) is 17.8. The molecule has 4 N–H and O–H groups in total. The molecule has 190 valence electrons. The second-order valence-electron chi connectivity index (χ2n) is 9.05. The van der Waals surface area contributed by atoms with E-state index in [0.717, 1.165) is 25.9 Å². The first-order chi connectivity index (χ1) is 15.6. The summed E-state index contributed by atoms with van der Waals surface area (Å²) < 4.78 is 0. The summed E-state index contributed by atoms with van der Waals surface area (Å²) >= 11 is 7.34. The van der Waals surface area contributed by atoms with Gasteiger partial charge in [0.15, 0.2) is 11.1 Å². The van der Waals surface area contributed by atoms with Crippen LogP contribution in [0.15, 0.2) is 0 Å². The van der Waals surface area contributed by atoms with Crippen molar-refractivity contribution in [2.45, 2.75) is 103 Å². The molecule has 0 aromatic heterocycles. The van der Waals surface area contributed by atoms with Gasteiger partial charge in [0.2, 0.25) is 0 Å². The van der Waals surface area contributed by atoms with Gasteiger partial charge >= 0.3 is 0 Å². The highest BCUT2D eigenvalue weighted by atomic mass is 32.2. The first-order valence-corrected chi connectivity index (χ1v) is 14.7. The van der Waals surface area contributed by atoms with E-state index in [4.69, 9.17) is 17.6 Å². The number of thioether (sulfide) groups is 1. The minimum absolute atomic E-state index is 0.303. The Hall–Kier alpha value is -0.530. The molecule has 0 fully saturated rings. The summed E-state index contributed by atoms with van der Waals surface area (Å²) in [4.78, 5) is 2.25. The zero-order chi connectivity index (χ0) is 23.7. The molecular formula is C25H53N5S2. The molecule has 7 heteroatoms. The van der Waals surface area contributed by atoms with Crippen LogP contribution in [0, 0.1) is 5.41 Å². The van der Waals surface area contributed by atoms with E-state index >= 15 is 0 Å². The van der Waals surface area contributed by atoms with Gasteiger partial charge in [0.05, 0.1) is 0 Å². The number of hydrogen-bond donors (Lipinski definition) is 4. The summed E-state index contributed by atoms with van der Waals surface area (Å²) in [5.74, 6) is 2.76. The van der Waals surface area contributed by atoms with Crippen LogP contribution in [0.4, 0.5) is 0 Å².